The van der Waals surface area contributed by atoms with E-state index in [9.17, 15) is 59.2 Å². The van der Waals surface area contributed by atoms with E-state index >= 15 is 0 Å². The molecule has 4 aliphatic heterocycles. The van der Waals surface area contributed by atoms with E-state index in [2.05, 4.69) is 25.9 Å². The normalized spacial score (nSPS) is 35.6. The number of benzene rings is 2. The van der Waals surface area contributed by atoms with E-state index in [-0.39, 0.29) is 48.1 Å². The molecule has 0 spiro atoms. The lowest BCUT2D eigenvalue weighted by molar-refractivity contribution is -0.339. The zero-order valence-corrected chi connectivity index (χ0v) is 46.4. The summed E-state index contributed by atoms with van der Waals surface area (Å²) in [5.41, 5.74) is 1.42. The van der Waals surface area contributed by atoms with Gasteiger partial charge in [-0.25, -0.2) is 18.1 Å². The van der Waals surface area contributed by atoms with E-state index in [0.717, 1.165) is 49.3 Å². The first kappa shape index (κ1) is 61.0. The van der Waals surface area contributed by atoms with Gasteiger partial charge in [0.15, 0.2) is 30.5 Å². The Labute approximate surface area is 477 Å². The average Bonchev–Trinajstić information content (AvgIpc) is 4.36. The second kappa shape index (κ2) is 26.7. The van der Waals surface area contributed by atoms with Gasteiger partial charge in [-0.15, -0.1) is 10.2 Å². The summed E-state index contributed by atoms with van der Waals surface area (Å²) < 4.78 is 76.7. The van der Waals surface area contributed by atoms with Gasteiger partial charge in [0.25, 0.3) is 5.91 Å². The van der Waals surface area contributed by atoms with Crippen LogP contribution in [0.4, 0.5) is 8.78 Å². The molecule has 2 aromatic carbocycles. The topological polar surface area (TPSA) is 337 Å². The SMILES string of the molecule is CC(=O)NC1C(O[C@@H](CC2CCCCC2)C(=O)N2CCC2)[C@@H](O)C(CO)O[C@H]1O[C@@H]1CC(CO[C@H]2O[C@H](CO)[C@@H](O)C(n3cc(-c4cc(C)c(F)c(F)c4)nn3)C2O)C[C@@H](n2cc(-c3ccccc3)nn2)C1O[C@@H]1OC(C)[C@@H](O)[C@H](O)C1O. The fourth-order valence-electron chi connectivity index (χ4n) is 12.4. The molecule has 10 rings (SSSR count). The molecule has 4 saturated heterocycles. The van der Waals surface area contributed by atoms with Crippen LogP contribution in [-0.4, -0.2) is 225 Å². The number of rotatable bonds is 19. The summed E-state index contributed by atoms with van der Waals surface area (Å²) in [5.74, 6) is -3.49. The average molecular weight is 1170 g/mol. The Kier molecular flexibility index (Phi) is 19.6. The number of hydrogen-bond donors (Lipinski definition) is 9. The third-order valence-corrected chi connectivity index (χ3v) is 17.1. The lowest BCUT2D eigenvalue weighted by atomic mass is 9.81. The Morgan fingerprint density at radius 1 is 0.735 bits per heavy atom. The first-order chi connectivity index (χ1) is 39.9. The van der Waals surface area contributed by atoms with Crippen LogP contribution >= 0.6 is 0 Å². The van der Waals surface area contributed by atoms with Crippen molar-refractivity contribution in [3.63, 3.8) is 0 Å². The minimum absolute atomic E-state index is 0.00704. The van der Waals surface area contributed by atoms with Crippen LogP contribution in [0, 0.1) is 30.4 Å². The Hall–Kier alpha value is -5.08. The highest BCUT2D eigenvalue weighted by Gasteiger charge is 2.54. The van der Waals surface area contributed by atoms with Gasteiger partial charge in [-0.05, 0) is 69.1 Å². The Balaban J connectivity index is 0.992. The highest BCUT2D eigenvalue weighted by molar-refractivity contribution is 5.81. The molecule has 9 unspecified atom stereocenters. The molecule has 2 saturated carbocycles. The Bertz CT molecular complexity index is 2770. The van der Waals surface area contributed by atoms with E-state index < -0.39 is 153 Å². The smallest absolute Gasteiger partial charge is 0.251 e. The maximum absolute atomic E-state index is 14.5. The van der Waals surface area contributed by atoms with Crippen LogP contribution in [0.3, 0.4) is 0 Å². The molecule has 25 nitrogen and oxygen atoms in total. The number of nitrogens with zero attached hydrogens (tertiary/aromatic N) is 7. The summed E-state index contributed by atoms with van der Waals surface area (Å²) in [7, 11) is 0. The maximum Gasteiger partial charge on any atom is 0.251 e. The van der Waals surface area contributed by atoms with Crippen molar-refractivity contribution in [2.45, 2.75) is 195 Å². The molecule has 20 atom stereocenters. The number of likely N-dealkylation sites (tertiary alicyclic amines) is 1. The number of ether oxygens (including phenoxy) is 7. The number of aromatic nitrogens is 6. The second-order valence-corrected chi connectivity index (χ2v) is 23.0. The standard InChI is InChI=1S/C56H76F2N8O17/c1-27-17-33(21-34(57)42(27)58)36-23-66(63-61-36)44-46(71)40(24-67)82-55(48(44)73)77-26-31-18-37(65-22-35(60-62-65)32-13-8-5-9-14-32)51(83-56-50(75)49(74)45(70)28(2)78-56)38(20-31)80-54-43(59-29(3)69)52(47(72)41(25-68)81-54)79-39(53(76)64-15-10-16-64)19-30-11-6-4-7-12-30/h5,8-9,13-14,17,21-23,28,30-31,37-41,43-52,54-56,67-68,70-75H,4,6-7,10-12,15-16,18-20,24-26H2,1-3H3,(H,59,69)/t28?,31?,37-,38-,39+,40-,41?,43?,44?,45-,46-,47+,48?,49+,50?,51?,52?,54-,55+,56+/m1/s1. The Morgan fingerprint density at radius 2 is 1.41 bits per heavy atom. The van der Waals surface area contributed by atoms with E-state index in [0.29, 0.717) is 30.8 Å². The molecule has 2 aromatic heterocycles. The molecular formula is C56H76F2N8O17. The summed E-state index contributed by atoms with van der Waals surface area (Å²) in [5, 5.41) is 110. The number of amides is 2. The third-order valence-electron chi connectivity index (χ3n) is 17.1. The summed E-state index contributed by atoms with van der Waals surface area (Å²) in [6.07, 6.45) is -14.3. The van der Waals surface area contributed by atoms with Crippen LogP contribution in [0.15, 0.2) is 54.9 Å². The molecule has 6 aliphatic rings. The third kappa shape index (κ3) is 13.3. The Morgan fingerprint density at radius 3 is 2.08 bits per heavy atom. The van der Waals surface area contributed by atoms with Crippen LogP contribution in [0.5, 0.6) is 0 Å². The van der Waals surface area contributed by atoms with Crippen LogP contribution in [-0.2, 0) is 42.7 Å². The molecule has 27 heteroatoms. The molecule has 6 heterocycles. The van der Waals surface area contributed by atoms with Crippen LogP contribution in [0.2, 0.25) is 0 Å². The van der Waals surface area contributed by atoms with Gasteiger partial charge in [0.05, 0.1) is 50.5 Å². The van der Waals surface area contributed by atoms with Gasteiger partial charge in [0.2, 0.25) is 5.91 Å². The minimum atomic E-state index is -1.80. The van der Waals surface area contributed by atoms with Crippen molar-refractivity contribution in [1.29, 1.82) is 0 Å². The van der Waals surface area contributed by atoms with Crippen molar-refractivity contribution in [2.24, 2.45) is 11.8 Å². The predicted molar refractivity (Wildman–Crippen MR) is 283 cm³/mol. The van der Waals surface area contributed by atoms with E-state index in [1.165, 1.54) is 37.7 Å². The molecule has 83 heavy (non-hydrogen) atoms. The molecular weight excluding hydrogens is 1090 g/mol. The molecule has 4 aromatic rings. The number of aliphatic hydroxyl groups is 8. The monoisotopic (exact) mass is 1170 g/mol. The van der Waals surface area contributed by atoms with E-state index in [1.54, 1.807) is 11.1 Å². The van der Waals surface area contributed by atoms with Crippen molar-refractivity contribution in [3.05, 3.63) is 72.1 Å². The molecule has 0 bridgehead atoms. The number of nitrogens with one attached hydrogen (secondary N) is 1. The molecule has 2 amide bonds. The molecule has 2 aliphatic carbocycles. The van der Waals surface area contributed by atoms with Gasteiger partial charge in [0, 0.05) is 31.1 Å². The number of aryl methyl sites for hydroxylation is 1. The summed E-state index contributed by atoms with van der Waals surface area (Å²) in [6, 6.07) is 7.79. The van der Waals surface area contributed by atoms with Crippen molar-refractivity contribution in [2.75, 3.05) is 32.9 Å². The summed E-state index contributed by atoms with van der Waals surface area (Å²) in [4.78, 5) is 29.3. The lowest BCUT2D eigenvalue weighted by Gasteiger charge is -2.49. The number of hydrogen-bond acceptors (Lipinski definition) is 21. The van der Waals surface area contributed by atoms with Crippen LogP contribution < -0.4 is 5.32 Å². The molecule has 456 valence electrons. The van der Waals surface area contributed by atoms with Crippen molar-refractivity contribution >= 4 is 11.8 Å². The number of carbonyl (C=O) groups is 2. The number of carbonyl (C=O) groups excluding carboxylic acids is 2. The van der Waals surface area contributed by atoms with Crippen molar-refractivity contribution in [3.8, 4) is 22.5 Å². The highest BCUT2D eigenvalue weighted by atomic mass is 19.2. The van der Waals surface area contributed by atoms with Gasteiger partial charge >= 0.3 is 0 Å². The predicted octanol–water partition coefficient (Wildman–Crippen LogP) is 0.575. The molecule has 0 radical (unpaired) electrons. The largest absolute Gasteiger partial charge is 0.394 e. The zero-order valence-electron chi connectivity index (χ0n) is 46.4. The van der Waals surface area contributed by atoms with Gasteiger partial charge in [-0.2, -0.15) is 0 Å². The van der Waals surface area contributed by atoms with Crippen LogP contribution in [0.25, 0.3) is 22.5 Å². The zero-order chi connectivity index (χ0) is 58.8. The summed E-state index contributed by atoms with van der Waals surface area (Å²) in [6.45, 7) is 3.45. The fourth-order valence-corrected chi connectivity index (χ4v) is 12.4. The first-order valence-electron chi connectivity index (χ1n) is 28.7. The van der Waals surface area contributed by atoms with E-state index in [1.807, 2.05) is 30.3 Å². The minimum Gasteiger partial charge on any atom is -0.394 e. The van der Waals surface area contributed by atoms with Gasteiger partial charge in [-0.3, -0.25) is 9.59 Å². The maximum atomic E-state index is 14.5. The van der Waals surface area contributed by atoms with Gasteiger partial charge in [0.1, 0.15) is 90.6 Å². The highest BCUT2D eigenvalue weighted by Crippen LogP contribution is 2.42. The molecule has 9 N–H and O–H groups in total. The van der Waals surface area contributed by atoms with Gasteiger partial charge < -0.3 is 84.2 Å². The second-order valence-electron chi connectivity index (χ2n) is 23.0. The molecule has 6 fully saturated rings. The summed E-state index contributed by atoms with van der Waals surface area (Å²) >= 11 is 0. The number of aliphatic hydroxyl groups excluding tert-OH is 8. The van der Waals surface area contributed by atoms with Crippen molar-refractivity contribution in [1.82, 2.24) is 40.2 Å². The van der Waals surface area contributed by atoms with Crippen LogP contribution in [0.1, 0.15) is 89.3 Å². The quantitative estimate of drug-likeness (QED) is 0.0620. The van der Waals surface area contributed by atoms with E-state index in [4.69, 9.17) is 33.2 Å². The fraction of sp³-hybridized carbons (Fsp3) is 0.679. The number of halogens is 2. The van der Waals surface area contributed by atoms with Gasteiger partial charge in [-0.1, -0.05) is 72.9 Å². The first-order valence-corrected chi connectivity index (χ1v) is 28.7. The lowest BCUT2D eigenvalue weighted by Crippen LogP contribution is -2.67. The van der Waals surface area contributed by atoms with Crippen molar-refractivity contribution < 1.29 is 92.4 Å².